The third-order valence-electron chi connectivity index (χ3n) is 2.25. The molecular weight excluding hydrogens is 192 g/mol. The van der Waals surface area contributed by atoms with Gasteiger partial charge in [0.25, 0.3) is 0 Å². The molecule has 1 aromatic carbocycles. The molecule has 0 fully saturated rings. The molecule has 1 rings (SSSR count). The number of para-hydroxylation sites is 1. The van der Waals surface area contributed by atoms with Gasteiger partial charge in [0.1, 0.15) is 12.4 Å². The first-order chi connectivity index (χ1) is 7.27. The van der Waals surface area contributed by atoms with Gasteiger partial charge in [-0.05, 0) is 18.1 Å². The summed E-state index contributed by atoms with van der Waals surface area (Å²) < 4.78 is 5.37. The van der Waals surface area contributed by atoms with Crippen LogP contribution in [0.25, 0.3) is 0 Å². The summed E-state index contributed by atoms with van der Waals surface area (Å²) in [5, 5.41) is 18.2. The molecule has 0 amide bonds. The fourth-order valence-electron chi connectivity index (χ4n) is 1.37. The van der Waals surface area contributed by atoms with Crippen LogP contribution in [0, 0.1) is 0 Å². The first-order valence-corrected chi connectivity index (χ1v) is 5.27. The Labute approximate surface area is 90.3 Å². The van der Waals surface area contributed by atoms with Gasteiger partial charge >= 0.3 is 0 Å². The fraction of sp³-hybridized carbons (Fsp3) is 0.500. The minimum absolute atomic E-state index is 0.00463. The Morgan fingerprint density at radius 3 is 2.73 bits per heavy atom. The molecular formula is C12H18O3. The lowest BCUT2D eigenvalue weighted by atomic mass is 10.1. The molecule has 0 radical (unpaired) electrons. The van der Waals surface area contributed by atoms with E-state index in [9.17, 15) is 5.11 Å². The monoisotopic (exact) mass is 210 g/mol. The van der Waals surface area contributed by atoms with Crippen molar-refractivity contribution in [3.05, 3.63) is 29.8 Å². The molecule has 1 unspecified atom stereocenters. The van der Waals surface area contributed by atoms with Crippen molar-refractivity contribution in [2.45, 2.75) is 25.9 Å². The summed E-state index contributed by atoms with van der Waals surface area (Å²) in [6.45, 7) is 2.24. The van der Waals surface area contributed by atoms with E-state index in [-0.39, 0.29) is 12.7 Å². The molecule has 84 valence electrons. The van der Waals surface area contributed by atoms with Gasteiger partial charge in [0.05, 0.1) is 12.7 Å². The third kappa shape index (κ3) is 3.90. The van der Waals surface area contributed by atoms with Crippen molar-refractivity contribution in [1.82, 2.24) is 0 Å². The summed E-state index contributed by atoms with van der Waals surface area (Å²) in [6.07, 6.45) is 0.996. The predicted octanol–water partition coefficient (Wildman–Crippen LogP) is 1.37. The van der Waals surface area contributed by atoms with Gasteiger partial charge in [0, 0.05) is 6.42 Å². The Bertz CT molecular complexity index is 286. The van der Waals surface area contributed by atoms with Gasteiger partial charge in [-0.15, -0.1) is 0 Å². The normalized spacial score (nSPS) is 12.5. The highest BCUT2D eigenvalue weighted by Gasteiger charge is 2.07. The predicted molar refractivity (Wildman–Crippen MR) is 59.0 cm³/mol. The van der Waals surface area contributed by atoms with Gasteiger partial charge in [-0.25, -0.2) is 0 Å². The Morgan fingerprint density at radius 2 is 2.07 bits per heavy atom. The average Bonchev–Trinajstić information content (AvgIpc) is 2.28. The summed E-state index contributed by atoms with van der Waals surface area (Å²) >= 11 is 0. The van der Waals surface area contributed by atoms with Crippen LogP contribution in [0.2, 0.25) is 0 Å². The number of rotatable bonds is 6. The van der Waals surface area contributed by atoms with E-state index in [2.05, 4.69) is 0 Å². The number of aliphatic hydroxyl groups is 2. The maximum Gasteiger partial charge on any atom is 0.122 e. The summed E-state index contributed by atoms with van der Waals surface area (Å²) in [5.74, 6) is 0.749. The SMILES string of the molecule is CCC(O)Cc1ccccc1OCCO. The van der Waals surface area contributed by atoms with Gasteiger partial charge in [0.15, 0.2) is 0 Å². The Kier molecular flexibility index (Phi) is 5.15. The van der Waals surface area contributed by atoms with Gasteiger partial charge in [0.2, 0.25) is 0 Å². The minimum atomic E-state index is -0.330. The standard InChI is InChI=1S/C12H18O3/c1-2-11(14)9-10-5-3-4-6-12(10)15-8-7-13/h3-6,11,13-14H,2,7-9H2,1H3. The Balaban J connectivity index is 2.67. The van der Waals surface area contributed by atoms with E-state index in [0.717, 1.165) is 17.7 Å². The van der Waals surface area contributed by atoms with Crippen LogP contribution in [-0.2, 0) is 6.42 Å². The zero-order valence-electron chi connectivity index (χ0n) is 9.02. The quantitative estimate of drug-likeness (QED) is 0.745. The second-order valence-electron chi connectivity index (χ2n) is 3.45. The van der Waals surface area contributed by atoms with Crippen molar-refractivity contribution in [1.29, 1.82) is 0 Å². The van der Waals surface area contributed by atoms with Gasteiger partial charge in [-0.1, -0.05) is 25.1 Å². The van der Waals surface area contributed by atoms with E-state index >= 15 is 0 Å². The zero-order valence-corrected chi connectivity index (χ0v) is 9.02. The molecule has 15 heavy (non-hydrogen) atoms. The highest BCUT2D eigenvalue weighted by molar-refractivity contribution is 5.33. The highest BCUT2D eigenvalue weighted by atomic mass is 16.5. The van der Waals surface area contributed by atoms with Crippen molar-refractivity contribution in [3.8, 4) is 5.75 Å². The first kappa shape index (κ1) is 12.0. The number of ether oxygens (including phenoxy) is 1. The molecule has 0 aliphatic heterocycles. The molecule has 1 atom stereocenters. The van der Waals surface area contributed by atoms with E-state index in [0.29, 0.717) is 13.0 Å². The average molecular weight is 210 g/mol. The van der Waals surface area contributed by atoms with Crippen molar-refractivity contribution < 1.29 is 14.9 Å². The topological polar surface area (TPSA) is 49.7 Å². The van der Waals surface area contributed by atoms with Crippen LogP contribution in [0.3, 0.4) is 0 Å². The van der Waals surface area contributed by atoms with Crippen LogP contribution in [0.5, 0.6) is 5.75 Å². The molecule has 0 saturated carbocycles. The van der Waals surface area contributed by atoms with E-state index in [4.69, 9.17) is 9.84 Å². The number of benzene rings is 1. The molecule has 0 aliphatic carbocycles. The lowest BCUT2D eigenvalue weighted by Crippen LogP contribution is -2.10. The lowest BCUT2D eigenvalue weighted by molar-refractivity contribution is 0.167. The largest absolute Gasteiger partial charge is 0.491 e. The van der Waals surface area contributed by atoms with E-state index < -0.39 is 0 Å². The smallest absolute Gasteiger partial charge is 0.122 e. The number of hydrogen-bond donors (Lipinski definition) is 2. The molecule has 0 spiro atoms. The molecule has 0 heterocycles. The van der Waals surface area contributed by atoms with E-state index in [1.807, 2.05) is 31.2 Å². The lowest BCUT2D eigenvalue weighted by Gasteiger charge is -2.12. The first-order valence-electron chi connectivity index (χ1n) is 5.27. The van der Waals surface area contributed by atoms with Crippen LogP contribution >= 0.6 is 0 Å². The minimum Gasteiger partial charge on any atom is -0.491 e. The van der Waals surface area contributed by atoms with Gasteiger partial charge in [-0.2, -0.15) is 0 Å². The van der Waals surface area contributed by atoms with Crippen molar-refractivity contribution in [2.75, 3.05) is 13.2 Å². The molecule has 2 N–H and O–H groups in total. The van der Waals surface area contributed by atoms with Crippen molar-refractivity contribution >= 4 is 0 Å². The van der Waals surface area contributed by atoms with Crippen LogP contribution in [0.1, 0.15) is 18.9 Å². The maximum absolute atomic E-state index is 9.56. The zero-order chi connectivity index (χ0) is 11.1. The molecule has 0 bridgehead atoms. The third-order valence-corrected chi connectivity index (χ3v) is 2.25. The van der Waals surface area contributed by atoms with Crippen molar-refractivity contribution in [2.24, 2.45) is 0 Å². The number of hydrogen-bond acceptors (Lipinski definition) is 3. The summed E-state index contributed by atoms with van der Waals surface area (Å²) in [5.41, 5.74) is 0.986. The molecule has 0 aromatic heterocycles. The van der Waals surface area contributed by atoms with Crippen molar-refractivity contribution in [3.63, 3.8) is 0 Å². The van der Waals surface area contributed by atoms with Gasteiger partial charge in [-0.3, -0.25) is 0 Å². The molecule has 3 heteroatoms. The molecule has 0 saturated heterocycles. The Morgan fingerprint density at radius 1 is 1.33 bits per heavy atom. The summed E-state index contributed by atoms with van der Waals surface area (Å²) in [6, 6.07) is 7.59. The second kappa shape index (κ2) is 6.43. The Hall–Kier alpha value is -1.06. The molecule has 1 aromatic rings. The second-order valence-corrected chi connectivity index (χ2v) is 3.45. The van der Waals surface area contributed by atoms with E-state index in [1.54, 1.807) is 0 Å². The summed E-state index contributed by atoms with van der Waals surface area (Å²) in [4.78, 5) is 0. The van der Waals surface area contributed by atoms with Gasteiger partial charge < -0.3 is 14.9 Å². The summed E-state index contributed by atoms with van der Waals surface area (Å²) in [7, 11) is 0. The molecule has 3 nitrogen and oxygen atoms in total. The fourth-order valence-corrected chi connectivity index (χ4v) is 1.37. The van der Waals surface area contributed by atoms with Crippen LogP contribution in [0.4, 0.5) is 0 Å². The highest BCUT2D eigenvalue weighted by Crippen LogP contribution is 2.20. The van der Waals surface area contributed by atoms with Crippen LogP contribution in [0.15, 0.2) is 24.3 Å². The molecule has 0 aliphatic rings. The van der Waals surface area contributed by atoms with Crippen LogP contribution < -0.4 is 4.74 Å². The maximum atomic E-state index is 9.56. The van der Waals surface area contributed by atoms with Crippen LogP contribution in [-0.4, -0.2) is 29.5 Å². The number of aliphatic hydroxyl groups excluding tert-OH is 2. The van der Waals surface area contributed by atoms with E-state index in [1.165, 1.54) is 0 Å².